The minimum Gasteiger partial charge on any atom is -0.480 e. The number of nitrogens with two attached hydrogens (primary N) is 1. The molecule has 0 aromatic heterocycles. The summed E-state index contributed by atoms with van der Waals surface area (Å²) in [5.41, 5.74) is 5.16. The van der Waals surface area contributed by atoms with Crippen molar-refractivity contribution < 1.29 is 29.0 Å². The second-order valence-electron chi connectivity index (χ2n) is 10.4. The molecule has 0 bridgehead atoms. The molecule has 0 aromatic carbocycles. The summed E-state index contributed by atoms with van der Waals surface area (Å²) in [6.07, 6.45) is -1.23. The van der Waals surface area contributed by atoms with E-state index in [1.165, 1.54) is 4.90 Å². The van der Waals surface area contributed by atoms with Crippen LogP contribution in [0.15, 0.2) is 0 Å². The number of carboxylic acid groups (broad SMARTS) is 1. The molecular weight excluding hydrogens is 458 g/mol. The predicted octanol–water partition coefficient (Wildman–Crippen LogP) is -0.287. The third-order valence-corrected chi connectivity index (χ3v) is 6.59. The van der Waals surface area contributed by atoms with Crippen molar-refractivity contribution >= 4 is 24.0 Å². The van der Waals surface area contributed by atoms with Gasteiger partial charge in [0.2, 0.25) is 0 Å². The minimum atomic E-state index is -0.843. The van der Waals surface area contributed by atoms with Gasteiger partial charge in [0, 0.05) is 58.9 Å². The maximum Gasteiger partial charge on any atom is 0.411 e. The lowest BCUT2D eigenvalue weighted by molar-refractivity contribution is -0.139. The molecule has 0 aromatic rings. The van der Waals surface area contributed by atoms with Crippen LogP contribution in [-0.2, 0) is 14.3 Å². The minimum absolute atomic E-state index is 0.0163. The highest BCUT2D eigenvalue weighted by Gasteiger charge is 2.43. The molecule has 4 N–H and O–H groups in total. The van der Waals surface area contributed by atoms with Gasteiger partial charge in [-0.05, 0) is 27.7 Å². The van der Waals surface area contributed by atoms with Crippen molar-refractivity contribution in [2.24, 2.45) is 5.73 Å². The Hall–Kier alpha value is -2.64. The van der Waals surface area contributed by atoms with Crippen LogP contribution >= 0.6 is 0 Å². The summed E-state index contributed by atoms with van der Waals surface area (Å²) in [4.78, 5) is 45.4. The smallest absolute Gasteiger partial charge is 0.411 e. The van der Waals surface area contributed by atoms with Gasteiger partial charge in [0.25, 0.3) is 0 Å². The molecule has 3 saturated heterocycles. The lowest BCUT2D eigenvalue weighted by Gasteiger charge is -2.41. The number of ether oxygens (including phenoxy) is 2. The van der Waals surface area contributed by atoms with E-state index in [9.17, 15) is 14.4 Å². The number of carbonyl (C=O) groups is 3. The summed E-state index contributed by atoms with van der Waals surface area (Å²) in [6, 6.07) is -0.739. The Kier molecular flexibility index (Phi) is 8.44. The highest BCUT2D eigenvalue weighted by molar-refractivity contribution is 5.87. The van der Waals surface area contributed by atoms with Crippen LogP contribution in [-0.4, -0.2) is 143 Å². The molecule has 13 nitrogen and oxygen atoms in total. The number of aliphatic carboxylic acids is 1. The molecule has 3 fully saturated rings. The Bertz CT molecular complexity index is 811. The van der Waals surface area contributed by atoms with Gasteiger partial charge < -0.3 is 20.3 Å². The molecule has 13 heteroatoms. The Morgan fingerprint density at radius 1 is 1.11 bits per heavy atom. The maximum absolute atomic E-state index is 12.6. The van der Waals surface area contributed by atoms with Crippen molar-refractivity contribution in [3.63, 3.8) is 0 Å². The zero-order chi connectivity index (χ0) is 25.9. The van der Waals surface area contributed by atoms with E-state index in [0.717, 1.165) is 0 Å². The first-order chi connectivity index (χ1) is 16.4. The van der Waals surface area contributed by atoms with Gasteiger partial charge in [0.1, 0.15) is 17.5 Å². The summed E-state index contributed by atoms with van der Waals surface area (Å²) < 4.78 is 11.1. The number of cyclic esters (lactones) is 1. The first kappa shape index (κ1) is 27.0. The molecule has 35 heavy (non-hydrogen) atoms. The Morgan fingerprint density at radius 2 is 1.74 bits per heavy atom. The van der Waals surface area contributed by atoms with Crippen molar-refractivity contribution in [1.82, 2.24) is 24.5 Å². The number of hydrogen-bond donors (Lipinski definition) is 3. The number of amidine groups is 1. The van der Waals surface area contributed by atoms with E-state index in [0.29, 0.717) is 58.9 Å². The quantitative estimate of drug-likeness (QED) is 0.316. The highest BCUT2D eigenvalue weighted by Crippen LogP contribution is 2.24. The van der Waals surface area contributed by atoms with E-state index in [1.54, 1.807) is 25.7 Å². The van der Waals surface area contributed by atoms with Crippen LogP contribution in [0.3, 0.4) is 0 Å². The van der Waals surface area contributed by atoms with E-state index in [-0.39, 0.29) is 30.7 Å². The van der Waals surface area contributed by atoms with E-state index in [4.69, 9.17) is 25.7 Å². The second kappa shape index (κ2) is 11.0. The fourth-order valence-corrected chi connectivity index (χ4v) is 4.73. The topological polar surface area (TPSA) is 156 Å². The van der Waals surface area contributed by atoms with Gasteiger partial charge in [0.15, 0.2) is 6.23 Å². The summed E-state index contributed by atoms with van der Waals surface area (Å²) in [5.74, 6) is -0.944. The monoisotopic (exact) mass is 497 g/mol. The molecule has 3 aliphatic rings. The molecule has 198 valence electrons. The van der Waals surface area contributed by atoms with E-state index < -0.39 is 23.7 Å². The van der Waals surface area contributed by atoms with Crippen LogP contribution in [0.1, 0.15) is 27.7 Å². The number of nitrogens with zero attached hydrogens (tertiary/aromatic N) is 5. The molecule has 2 amide bonds. The number of nitrogens with one attached hydrogen (secondary N) is 1. The highest BCUT2D eigenvalue weighted by atomic mass is 16.6. The van der Waals surface area contributed by atoms with E-state index in [2.05, 4.69) is 9.80 Å². The SMILES string of the molecule is CC1C(N2CCN(CC(=O)O)CC2)OC(=O)N1CCN1CCN(C(=O)OC(C)(C)C)C(C(=N)N)C1. The number of amides is 2. The molecule has 3 heterocycles. The molecule has 3 aliphatic heterocycles. The fourth-order valence-electron chi connectivity index (χ4n) is 4.73. The molecule has 0 radical (unpaired) electrons. The van der Waals surface area contributed by atoms with Crippen LogP contribution in [0.4, 0.5) is 9.59 Å². The first-order valence-corrected chi connectivity index (χ1v) is 12.1. The predicted molar refractivity (Wildman–Crippen MR) is 127 cm³/mol. The van der Waals surface area contributed by atoms with E-state index in [1.807, 2.05) is 11.8 Å². The van der Waals surface area contributed by atoms with Crippen LogP contribution in [0.25, 0.3) is 0 Å². The molecule has 3 atom stereocenters. The van der Waals surface area contributed by atoms with Crippen LogP contribution < -0.4 is 5.73 Å². The maximum atomic E-state index is 12.6. The van der Waals surface area contributed by atoms with Crippen LogP contribution in [0, 0.1) is 5.41 Å². The van der Waals surface area contributed by atoms with Gasteiger partial charge in [0.05, 0.1) is 12.6 Å². The van der Waals surface area contributed by atoms with Crippen molar-refractivity contribution in [2.75, 3.05) is 65.4 Å². The molecule has 0 spiro atoms. The Balaban J connectivity index is 1.51. The molecule has 3 unspecified atom stereocenters. The standard InChI is InChI=1S/C22H39N7O6/c1-15-19(27-9-5-26(6-10-27)14-17(30)31)34-20(32)28(15)11-7-25-8-12-29(16(13-25)18(23)24)21(33)35-22(2,3)4/h15-16,19H,5-14H2,1-4H3,(H3,23,24)(H,30,31). The first-order valence-electron chi connectivity index (χ1n) is 12.1. The van der Waals surface area contributed by atoms with Gasteiger partial charge in [-0.25, -0.2) is 9.59 Å². The Labute approximate surface area is 206 Å². The average molecular weight is 498 g/mol. The van der Waals surface area contributed by atoms with Gasteiger partial charge in [-0.3, -0.25) is 34.7 Å². The number of rotatable bonds is 7. The molecular formula is C22H39N7O6. The number of hydrogen-bond acceptors (Lipinski definition) is 9. The lowest BCUT2D eigenvalue weighted by Crippen LogP contribution is -2.61. The average Bonchev–Trinajstić information content (AvgIpc) is 3.04. The van der Waals surface area contributed by atoms with Crippen molar-refractivity contribution in [3.05, 3.63) is 0 Å². The number of piperazine rings is 2. The zero-order valence-electron chi connectivity index (χ0n) is 21.1. The third-order valence-electron chi connectivity index (χ3n) is 6.59. The summed E-state index contributed by atoms with van der Waals surface area (Å²) >= 11 is 0. The molecule has 0 saturated carbocycles. The lowest BCUT2D eigenvalue weighted by atomic mass is 10.1. The number of carboxylic acids is 1. The van der Waals surface area contributed by atoms with Gasteiger partial charge in [-0.2, -0.15) is 0 Å². The van der Waals surface area contributed by atoms with Crippen molar-refractivity contribution in [3.8, 4) is 0 Å². The molecule has 0 aliphatic carbocycles. The normalized spacial score (nSPS) is 27.1. The molecule has 3 rings (SSSR count). The second-order valence-corrected chi connectivity index (χ2v) is 10.4. The van der Waals surface area contributed by atoms with Gasteiger partial charge in [-0.15, -0.1) is 0 Å². The fraction of sp³-hybridized carbons (Fsp3) is 0.818. The number of carbonyl (C=O) groups excluding carboxylic acids is 2. The summed E-state index contributed by atoms with van der Waals surface area (Å²) in [5, 5.41) is 16.9. The van der Waals surface area contributed by atoms with Crippen LogP contribution in [0.5, 0.6) is 0 Å². The van der Waals surface area contributed by atoms with Crippen molar-refractivity contribution in [1.29, 1.82) is 5.41 Å². The Morgan fingerprint density at radius 3 is 2.31 bits per heavy atom. The summed E-state index contributed by atoms with van der Waals surface area (Å²) in [6.45, 7) is 12.2. The third kappa shape index (κ3) is 6.95. The van der Waals surface area contributed by atoms with E-state index >= 15 is 0 Å². The van der Waals surface area contributed by atoms with Gasteiger partial charge >= 0.3 is 18.2 Å². The van der Waals surface area contributed by atoms with Gasteiger partial charge in [-0.1, -0.05) is 0 Å². The van der Waals surface area contributed by atoms with Crippen LogP contribution in [0.2, 0.25) is 0 Å². The largest absolute Gasteiger partial charge is 0.480 e. The zero-order valence-corrected chi connectivity index (χ0v) is 21.1. The van der Waals surface area contributed by atoms with Crippen molar-refractivity contribution in [2.45, 2.75) is 51.6 Å². The summed E-state index contributed by atoms with van der Waals surface area (Å²) in [7, 11) is 0.